The summed E-state index contributed by atoms with van der Waals surface area (Å²) in [5, 5.41) is 0. The van der Waals surface area contributed by atoms with Crippen LogP contribution >= 0.6 is 0 Å². The summed E-state index contributed by atoms with van der Waals surface area (Å²) in [6.45, 7) is 4.34. The molecule has 0 rings (SSSR count). The quantitative estimate of drug-likeness (QED) is 0.308. The maximum Gasteiger partial charge on any atom is 0.123 e. The molecule has 0 saturated carbocycles. The predicted molar refractivity (Wildman–Crippen MR) is 62.4 cm³/mol. The smallest absolute Gasteiger partial charge is 0.123 e. The minimum absolute atomic E-state index is 0.252. The van der Waals surface area contributed by atoms with Gasteiger partial charge < -0.3 is 4.79 Å². The molecule has 0 spiro atoms. The number of hydrogen-bond acceptors (Lipinski definition) is 1. The molecule has 0 aliphatic heterocycles. The highest BCUT2D eigenvalue weighted by atomic mass is 16.1. The summed E-state index contributed by atoms with van der Waals surface area (Å²) < 4.78 is 0. The number of aldehydes is 1. The van der Waals surface area contributed by atoms with Crippen LogP contribution in [0.4, 0.5) is 0 Å². The van der Waals surface area contributed by atoms with Gasteiger partial charge in [-0.3, -0.25) is 0 Å². The van der Waals surface area contributed by atoms with Crippen molar-refractivity contribution in [2.24, 2.45) is 5.92 Å². The standard InChI is InChI=1S/C13H24O/c1-3-5-6-7-8-9-11-13(12-14)10-4-2/h8-9,12-13H,3-7,10-11H2,1-2H3/b9-8+. The van der Waals surface area contributed by atoms with Gasteiger partial charge in [0.15, 0.2) is 0 Å². The normalized spacial score (nSPS) is 13.3. The van der Waals surface area contributed by atoms with Crippen LogP contribution in [0, 0.1) is 5.92 Å². The molecule has 0 aromatic carbocycles. The zero-order chi connectivity index (χ0) is 10.6. The van der Waals surface area contributed by atoms with E-state index in [1.807, 2.05) is 0 Å². The maximum absolute atomic E-state index is 10.6. The Balaban J connectivity index is 3.42. The molecular weight excluding hydrogens is 172 g/mol. The van der Waals surface area contributed by atoms with E-state index in [4.69, 9.17) is 0 Å². The van der Waals surface area contributed by atoms with Crippen molar-refractivity contribution in [3.63, 3.8) is 0 Å². The number of hydrogen-bond donors (Lipinski definition) is 0. The minimum atomic E-state index is 0.252. The lowest BCUT2D eigenvalue weighted by molar-refractivity contribution is -0.111. The Labute approximate surface area is 88.6 Å². The van der Waals surface area contributed by atoms with Crippen molar-refractivity contribution in [3.05, 3.63) is 12.2 Å². The Kier molecular flexibility index (Phi) is 10.0. The molecule has 1 atom stereocenters. The molecule has 1 heteroatoms. The molecule has 0 saturated heterocycles. The molecule has 1 unspecified atom stereocenters. The highest BCUT2D eigenvalue weighted by molar-refractivity contribution is 5.53. The zero-order valence-electron chi connectivity index (χ0n) is 9.67. The average Bonchev–Trinajstić information content (AvgIpc) is 2.21. The first-order valence-electron chi connectivity index (χ1n) is 5.95. The molecule has 0 fully saturated rings. The van der Waals surface area contributed by atoms with Gasteiger partial charge in [-0.25, -0.2) is 0 Å². The van der Waals surface area contributed by atoms with E-state index in [1.165, 1.54) is 25.7 Å². The van der Waals surface area contributed by atoms with Crippen LogP contribution in [0.25, 0.3) is 0 Å². The van der Waals surface area contributed by atoms with E-state index in [2.05, 4.69) is 26.0 Å². The van der Waals surface area contributed by atoms with Gasteiger partial charge in [0.25, 0.3) is 0 Å². The average molecular weight is 196 g/mol. The lowest BCUT2D eigenvalue weighted by Gasteiger charge is -2.03. The Morgan fingerprint density at radius 2 is 1.86 bits per heavy atom. The summed E-state index contributed by atoms with van der Waals surface area (Å²) in [5.74, 6) is 0.252. The first kappa shape index (κ1) is 13.4. The second-order valence-electron chi connectivity index (χ2n) is 3.89. The number of unbranched alkanes of at least 4 members (excludes halogenated alkanes) is 3. The summed E-state index contributed by atoms with van der Waals surface area (Å²) >= 11 is 0. The SMILES string of the molecule is CCCCC/C=C/CC(C=O)CCC. The van der Waals surface area contributed by atoms with Gasteiger partial charge in [-0.05, 0) is 25.7 Å². The third-order valence-electron chi connectivity index (χ3n) is 2.43. The molecule has 0 bridgehead atoms. The van der Waals surface area contributed by atoms with Crippen LogP contribution < -0.4 is 0 Å². The summed E-state index contributed by atoms with van der Waals surface area (Å²) in [5.41, 5.74) is 0. The number of carbonyl (C=O) groups excluding carboxylic acids is 1. The van der Waals surface area contributed by atoms with Crippen molar-refractivity contribution in [2.75, 3.05) is 0 Å². The van der Waals surface area contributed by atoms with Gasteiger partial charge in [0.1, 0.15) is 6.29 Å². The molecule has 0 aromatic heterocycles. The van der Waals surface area contributed by atoms with Crippen LogP contribution in [0.15, 0.2) is 12.2 Å². The topological polar surface area (TPSA) is 17.1 Å². The first-order valence-corrected chi connectivity index (χ1v) is 5.95. The second-order valence-corrected chi connectivity index (χ2v) is 3.89. The van der Waals surface area contributed by atoms with Crippen molar-refractivity contribution >= 4 is 6.29 Å². The monoisotopic (exact) mass is 196 g/mol. The van der Waals surface area contributed by atoms with Crippen molar-refractivity contribution in [2.45, 2.75) is 58.8 Å². The number of rotatable bonds is 9. The summed E-state index contributed by atoms with van der Waals surface area (Å²) in [7, 11) is 0. The Morgan fingerprint density at radius 3 is 2.43 bits per heavy atom. The lowest BCUT2D eigenvalue weighted by Crippen LogP contribution is -1.99. The van der Waals surface area contributed by atoms with Crippen molar-refractivity contribution in [1.29, 1.82) is 0 Å². The van der Waals surface area contributed by atoms with Gasteiger partial charge in [0.2, 0.25) is 0 Å². The van der Waals surface area contributed by atoms with Crippen LogP contribution in [0.1, 0.15) is 58.8 Å². The van der Waals surface area contributed by atoms with Gasteiger partial charge >= 0.3 is 0 Å². The second kappa shape index (κ2) is 10.5. The summed E-state index contributed by atoms with van der Waals surface area (Å²) in [4.78, 5) is 10.6. The number of carbonyl (C=O) groups is 1. The molecule has 0 N–H and O–H groups in total. The van der Waals surface area contributed by atoms with Gasteiger partial charge in [-0.15, -0.1) is 0 Å². The highest BCUT2D eigenvalue weighted by Crippen LogP contribution is 2.09. The fraction of sp³-hybridized carbons (Fsp3) is 0.769. The fourth-order valence-corrected chi connectivity index (χ4v) is 1.51. The molecule has 0 heterocycles. The molecule has 0 aromatic rings. The van der Waals surface area contributed by atoms with Crippen LogP contribution in [0.2, 0.25) is 0 Å². The molecule has 82 valence electrons. The molecule has 0 radical (unpaired) electrons. The van der Waals surface area contributed by atoms with E-state index in [1.54, 1.807) is 0 Å². The van der Waals surface area contributed by atoms with Gasteiger partial charge in [-0.2, -0.15) is 0 Å². The largest absolute Gasteiger partial charge is 0.303 e. The van der Waals surface area contributed by atoms with E-state index in [-0.39, 0.29) is 5.92 Å². The van der Waals surface area contributed by atoms with Gasteiger partial charge in [0.05, 0.1) is 0 Å². The summed E-state index contributed by atoms with van der Waals surface area (Å²) in [6.07, 6.45) is 13.6. The highest BCUT2D eigenvalue weighted by Gasteiger charge is 2.01. The van der Waals surface area contributed by atoms with Crippen LogP contribution in [0.3, 0.4) is 0 Å². The third kappa shape index (κ3) is 8.03. The van der Waals surface area contributed by atoms with E-state index >= 15 is 0 Å². The third-order valence-corrected chi connectivity index (χ3v) is 2.43. The first-order chi connectivity index (χ1) is 6.85. The van der Waals surface area contributed by atoms with Crippen LogP contribution in [-0.4, -0.2) is 6.29 Å². The molecular formula is C13H24O. The molecule has 14 heavy (non-hydrogen) atoms. The van der Waals surface area contributed by atoms with Crippen LogP contribution in [-0.2, 0) is 4.79 Å². The molecule has 0 aliphatic rings. The lowest BCUT2D eigenvalue weighted by atomic mass is 10.0. The Bertz CT molecular complexity index is 149. The zero-order valence-corrected chi connectivity index (χ0v) is 9.67. The van der Waals surface area contributed by atoms with Gasteiger partial charge in [0, 0.05) is 5.92 Å². The molecule has 0 aliphatic carbocycles. The van der Waals surface area contributed by atoms with Crippen molar-refractivity contribution in [3.8, 4) is 0 Å². The molecule has 1 nitrogen and oxygen atoms in total. The Morgan fingerprint density at radius 1 is 1.07 bits per heavy atom. The fourth-order valence-electron chi connectivity index (χ4n) is 1.51. The van der Waals surface area contributed by atoms with Gasteiger partial charge in [-0.1, -0.05) is 45.3 Å². The van der Waals surface area contributed by atoms with E-state index in [9.17, 15) is 4.79 Å². The van der Waals surface area contributed by atoms with E-state index in [0.717, 1.165) is 25.5 Å². The number of allylic oxidation sites excluding steroid dienone is 2. The van der Waals surface area contributed by atoms with Crippen LogP contribution in [0.5, 0.6) is 0 Å². The predicted octanol–water partition coefficient (Wildman–Crippen LogP) is 4.13. The van der Waals surface area contributed by atoms with Crippen molar-refractivity contribution in [1.82, 2.24) is 0 Å². The Hall–Kier alpha value is -0.590. The maximum atomic E-state index is 10.6. The summed E-state index contributed by atoms with van der Waals surface area (Å²) in [6, 6.07) is 0. The minimum Gasteiger partial charge on any atom is -0.303 e. The molecule has 0 amide bonds. The van der Waals surface area contributed by atoms with Crippen molar-refractivity contribution < 1.29 is 4.79 Å². The van der Waals surface area contributed by atoms with E-state index < -0.39 is 0 Å². The van der Waals surface area contributed by atoms with E-state index in [0.29, 0.717) is 0 Å².